The number of aromatic amines is 1. The number of fused-ring (bicyclic) bond motifs is 1. The van der Waals surface area contributed by atoms with Gasteiger partial charge in [-0.2, -0.15) is 0 Å². The van der Waals surface area contributed by atoms with Crippen LogP contribution in [0.15, 0.2) is 47.8 Å². The molecular weight excluding hydrogens is 174 g/mol. The number of para-hydroxylation sites is 1. The van der Waals surface area contributed by atoms with Gasteiger partial charge in [-0.1, -0.05) is 18.2 Å². The molecule has 0 saturated heterocycles. The van der Waals surface area contributed by atoms with Crippen molar-refractivity contribution in [2.45, 2.75) is 6.42 Å². The molecular formula is C12H11NO. The quantitative estimate of drug-likeness (QED) is 0.715. The lowest BCUT2D eigenvalue weighted by Crippen LogP contribution is -2.04. The second-order valence-electron chi connectivity index (χ2n) is 3.20. The van der Waals surface area contributed by atoms with Gasteiger partial charge in [-0.05, 0) is 12.1 Å². The maximum absolute atomic E-state index is 11.6. The highest BCUT2D eigenvalue weighted by atomic mass is 16.1. The van der Waals surface area contributed by atoms with E-state index >= 15 is 0 Å². The molecule has 2 rings (SSSR count). The molecule has 2 aromatic rings. The van der Waals surface area contributed by atoms with E-state index in [4.69, 9.17) is 0 Å². The minimum atomic E-state index is 0.0659. The Kier molecular flexibility index (Phi) is 2.19. The molecule has 0 bridgehead atoms. The third-order valence-corrected chi connectivity index (χ3v) is 2.16. The van der Waals surface area contributed by atoms with E-state index in [1.54, 1.807) is 12.1 Å². The number of H-pyrrole nitrogens is 1. The van der Waals surface area contributed by atoms with Gasteiger partial charge in [0.2, 0.25) is 0 Å². The zero-order valence-electron chi connectivity index (χ0n) is 7.79. The lowest BCUT2D eigenvalue weighted by Gasteiger charge is -2.00. The SMILES string of the molecule is C=CCc1cc(=O)c2ccccc2[nH]1. The van der Waals surface area contributed by atoms with Gasteiger partial charge in [-0.15, -0.1) is 6.58 Å². The number of pyridine rings is 1. The topological polar surface area (TPSA) is 32.9 Å². The Bertz CT molecular complexity index is 525. The summed E-state index contributed by atoms with van der Waals surface area (Å²) in [5.41, 5.74) is 1.86. The molecule has 0 fully saturated rings. The summed E-state index contributed by atoms with van der Waals surface area (Å²) >= 11 is 0. The molecule has 0 radical (unpaired) electrons. The first kappa shape index (κ1) is 8.75. The highest BCUT2D eigenvalue weighted by molar-refractivity contribution is 5.78. The van der Waals surface area contributed by atoms with Crippen molar-refractivity contribution < 1.29 is 0 Å². The van der Waals surface area contributed by atoms with E-state index in [1.165, 1.54) is 0 Å². The first-order valence-corrected chi connectivity index (χ1v) is 4.53. The molecule has 1 aromatic heterocycles. The van der Waals surface area contributed by atoms with Gasteiger partial charge in [-0.3, -0.25) is 4.79 Å². The van der Waals surface area contributed by atoms with Crippen molar-refractivity contribution in [3.05, 3.63) is 58.9 Å². The van der Waals surface area contributed by atoms with Crippen molar-refractivity contribution in [1.82, 2.24) is 4.98 Å². The van der Waals surface area contributed by atoms with E-state index < -0.39 is 0 Å². The molecule has 0 aliphatic rings. The summed E-state index contributed by atoms with van der Waals surface area (Å²) in [6.07, 6.45) is 2.47. The maximum atomic E-state index is 11.6. The summed E-state index contributed by atoms with van der Waals surface area (Å²) in [5, 5.41) is 0.736. The van der Waals surface area contributed by atoms with Crippen LogP contribution in [0.3, 0.4) is 0 Å². The molecule has 0 spiro atoms. The smallest absolute Gasteiger partial charge is 0.189 e. The molecule has 1 heterocycles. The molecule has 70 valence electrons. The fourth-order valence-corrected chi connectivity index (χ4v) is 1.52. The predicted molar refractivity (Wildman–Crippen MR) is 58.5 cm³/mol. The average Bonchev–Trinajstić information content (AvgIpc) is 2.18. The molecule has 14 heavy (non-hydrogen) atoms. The van der Waals surface area contributed by atoms with Crippen LogP contribution in [0.2, 0.25) is 0 Å². The number of hydrogen-bond acceptors (Lipinski definition) is 1. The summed E-state index contributed by atoms with van der Waals surface area (Å²) in [5.74, 6) is 0. The van der Waals surface area contributed by atoms with Gasteiger partial charge in [0.05, 0.1) is 0 Å². The van der Waals surface area contributed by atoms with Crippen LogP contribution in [0.5, 0.6) is 0 Å². The van der Waals surface area contributed by atoms with Crippen LogP contribution in [0.4, 0.5) is 0 Å². The van der Waals surface area contributed by atoms with Crippen LogP contribution in [-0.2, 0) is 6.42 Å². The Labute approximate surface area is 81.9 Å². The van der Waals surface area contributed by atoms with Gasteiger partial charge in [-0.25, -0.2) is 0 Å². The normalized spacial score (nSPS) is 10.3. The van der Waals surface area contributed by atoms with E-state index in [0.717, 1.165) is 16.6 Å². The lowest BCUT2D eigenvalue weighted by atomic mass is 10.2. The molecule has 0 saturated carbocycles. The van der Waals surface area contributed by atoms with Crippen molar-refractivity contribution >= 4 is 10.9 Å². The third-order valence-electron chi connectivity index (χ3n) is 2.16. The minimum Gasteiger partial charge on any atom is -0.358 e. The Hall–Kier alpha value is -1.83. The largest absolute Gasteiger partial charge is 0.358 e. The zero-order chi connectivity index (χ0) is 9.97. The van der Waals surface area contributed by atoms with Crippen LogP contribution < -0.4 is 5.43 Å². The average molecular weight is 185 g/mol. The maximum Gasteiger partial charge on any atom is 0.189 e. The van der Waals surface area contributed by atoms with Crippen LogP contribution in [0, 0.1) is 0 Å². The molecule has 0 atom stereocenters. The van der Waals surface area contributed by atoms with Gasteiger partial charge < -0.3 is 4.98 Å². The second kappa shape index (κ2) is 3.50. The standard InChI is InChI=1S/C12H11NO/c1-2-5-9-8-12(14)10-6-3-4-7-11(10)13-9/h2-4,6-8H,1,5H2,(H,13,14). The number of aromatic nitrogens is 1. The van der Waals surface area contributed by atoms with Gasteiger partial charge in [0.15, 0.2) is 5.43 Å². The highest BCUT2D eigenvalue weighted by Gasteiger charge is 1.99. The van der Waals surface area contributed by atoms with Crippen LogP contribution >= 0.6 is 0 Å². The summed E-state index contributed by atoms with van der Waals surface area (Å²) in [4.78, 5) is 14.8. The van der Waals surface area contributed by atoms with E-state index in [2.05, 4.69) is 11.6 Å². The highest BCUT2D eigenvalue weighted by Crippen LogP contribution is 2.07. The fraction of sp³-hybridized carbons (Fsp3) is 0.0833. The van der Waals surface area contributed by atoms with Crippen molar-refractivity contribution in [3.63, 3.8) is 0 Å². The number of benzene rings is 1. The molecule has 0 amide bonds. The van der Waals surface area contributed by atoms with Crippen LogP contribution in [-0.4, -0.2) is 4.98 Å². The van der Waals surface area contributed by atoms with Gasteiger partial charge in [0.1, 0.15) is 0 Å². The molecule has 1 N–H and O–H groups in total. The van der Waals surface area contributed by atoms with E-state index in [1.807, 2.05) is 24.3 Å². The van der Waals surface area contributed by atoms with Gasteiger partial charge in [0, 0.05) is 29.1 Å². The Morgan fingerprint density at radius 1 is 1.36 bits per heavy atom. The van der Waals surface area contributed by atoms with E-state index in [9.17, 15) is 4.79 Å². The van der Waals surface area contributed by atoms with Crippen LogP contribution in [0.25, 0.3) is 10.9 Å². The Morgan fingerprint density at radius 3 is 2.93 bits per heavy atom. The summed E-state index contributed by atoms with van der Waals surface area (Å²) < 4.78 is 0. The molecule has 2 heteroatoms. The van der Waals surface area contributed by atoms with E-state index in [-0.39, 0.29) is 5.43 Å². The molecule has 0 aliphatic heterocycles. The molecule has 0 unspecified atom stereocenters. The second-order valence-corrected chi connectivity index (χ2v) is 3.20. The summed E-state index contributed by atoms with van der Waals surface area (Å²) in [6, 6.07) is 9.14. The predicted octanol–water partition coefficient (Wildman–Crippen LogP) is 2.26. The first-order chi connectivity index (χ1) is 6.81. The number of allylic oxidation sites excluding steroid dienone is 1. The fourth-order valence-electron chi connectivity index (χ4n) is 1.52. The summed E-state index contributed by atoms with van der Waals surface area (Å²) in [6.45, 7) is 3.64. The molecule has 1 aromatic carbocycles. The van der Waals surface area contributed by atoms with Gasteiger partial charge >= 0.3 is 0 Å². The minimum absolute atomic E-state index is 0.0659. The zero-order valence-corrected chi connectivity index (χ0v) is 7.79. The number of rotatable bonds is 2. The number of nitrogens with one attached hydrogen (secondary N) is 1. The molecule has 2 nitrogen and oxygen atoms in total. The van der Waals surface area contributed by atoms with Gasteiger partial charge in [0.25, 0.3) is 0 Å². The van der Waals surface area contributed by atoms with Crippen molar-refractivity contribution in [2.75, 3.05) is 0 Å². The van der Waals surface area contributed by atoms with Crippen LogP contribution in [0.1, 0.15) is 5.69 Å². The third kappa shape index (κ3) is 1.46. The van der Waals surface area contributed by atoms with E-state index in [0.29, 0.717) is 6.42 Å². The molecule has 0 aliphatic carbocycles. The Balaban J connectivity index is 2.72. The van der Waals surface area contributed by atoms with Crippen molar-refractivity contribution in [3.8, 4) is 0 Å². The lowest BCUT2D eigenvalue weighted by molar-refractivity contribution is 1.14. The first-order valence-electron chi connectivity index (χ1n) is 4.53. The Morgan fingerprint density at radius 2 is 2.14 bits per heavy atom. The van der Waals surface area contributed by atoms with Crippen molar-refractivity contribution in [1.29, 1.82) is 0 Å². The number of hydrogen-bond donors (Lipinski definition) is 1. The van der Waals surface area contributed by atoms with Crippen molar-refractivity contribution in [2.24, 2.45) is 0 Å². The summed E-state index contributed by atoms with van der Waals surface area (Å²) in [7, 11) is 0. The monoisotopic (exact) mass is 185 g/mol.